The van der Waals surface area contributed by atoms with Crippen LogP contribution < -0.4 is 15.8 Å². The molecule has 2 aliphatic carbocycles. The molecule has 2 atom stereocenters. The summed E-state index contributed by atoms with van der Waals surface area (Å²) >= 11 is 0. The van der Waals surface area contributed by atoms with Gasteiger partial charge in [0, 0.05) is 30.0 Å². The molecule has 3 N–H and O–H groups in total. The van der Waals surface area contributed by atoms with Crippen LogP contribution in [0.1, 0.15) is 37.7 Å². The van der Waals surface area contributed by atoms with E-state index in [1.807, 2.05) is 25.1 Å². The molecule has 0 radical (unpaired) electrons. The van der Waals surface area contributed by atoms with Crippen molar-refractivity contribution in [2.45, 2.75) is 45.1 Å². The molecule has 1 aromatic carbocycles. The Bertz CT molecular complexity index is 803. The van der Waals surface area contributed by atoms with Crippen molar-refractivity contribution in [3.05, 3.63) is 42.2 Å². The third-order valence-corrected chi connectivity index (χ3v) is 5.99. The van der Waals surface area contributed by atoms with Crippen LogP contribution in [-0.2, 0) is 4.79 Å². The van der Waals surface area contributed by atoms with E-state index in [-0.39, 0.29) is 30.3 Å². The van der Waals surface area contributed by atoms with Gasteiger partial charge in [0.2, 0.25) is 5.91 Å². The minimum Gasteiger partial charge on any atom is -0.424 e. The van der Waals surface area contributed by atoms with E-state index in [0.29, 0.717) is 23.6 Å². The molecule has 0 spiro atoms. The fraction of sp³-hybridized carbons (Fsp3) is 0.476. The van der Waals surface area contributed by atoms with Crippen LogP contribution in [0.4, 0.5) is 5.69 Å². The first kappa shape index (κ1) is 20.6. The number of nitrogens with one attached hydrogen (secondary N) is 1. The Morgan fingerprint density at radius 3 is 2.50 bits per heavy atom. The third-order valence-electron chi connectivity index (χ3n) is 5.99. The van der Waals surface area contributed by atoms with E-state index in [1.54, 1.807) is 18.5 Å². The normalized spacial score (nSPS) is 26.1. The molecule has 28 heavy (non-hydrogen) atoms. The number of hydrogen-bond acceptors (Lipinski definition) is 5. The summed E-state index contributed by atoms with van der Waals surface area (Å²) in [6.45, 7) is 1.96. The minimum atomic E-state index is 0. The molecule has 1 heterocycles. The van der Waals surface area contributed by atoms with Crippen molar-refractivity contribution in [3.63, 3.8) is 0 Å². The van der Waals surface area contributed by atoms with Crippen LogP contribution >= 0.6 is 12.4 Å². The topological polar surface area (TPSA) is 90.1 Å². The van der Waals surface area contributed by atoms with E-state index in [1.165, 1.54) is 6.42 Å². The number of anilines is 1. The first-order valence-electron chi connectivity index (χ1n) is 9.72. The maximum absolute atomic E-state index is 12.8. The van der Waals surface area contributed by atoms with Gasteiger partial charge < -0.3 is 15.8 Å². The van der Waals surface area contributed by atoms with Gasteiger partial charge in [0.25, 0.3) is 0 Å². The molecule has 150 valence electrons. The minimum absolute atomic E-state index is 0. The van der Waals surface area contributed by atoms with E-state index >= 15 is 0 Å². The van der Waals surface area contributed by atoms with Crippen LogP contribution in [0, 0.1) is 24.7 Å². The zero-order valence-corrected chi connectivity index (χ0v) is 16.8. The average molecular weight is 403 g/mol. The summed E-state index contributed by atoms with van der Waals surface area (Å²) in [4.78, 5) is 20.9. The molecule has 6 nitrogen and oxygen atoms in total. The van der Waals surface area contributed by atoms with Gasteiger partial charge >= 0.3 is 6.01 Å². The number of carbonyl (C=O) groups is 1. The number of rotatable bonds is 4. The van der Waals surface area contributed by atoms with Gasteiger partial charge in [-0.2, -0.15) is 0 Å². The SMILES string of the molecule is Cc1cc(Oc2ncccn2)ccc1NC(=O)C1CC2CCCC(C1)C2N.Cl. The number of amides is 1. The van der Waals surface area contributed by atoms with Gasteiger partial charge in [-0.3, -0.25) is 4.79 Å². The number of ether oxygens (including phenoxy) is 1. The molecular formula is C21H27ClN4O2. The number of nitrogens with two attached hydrogens (primary N) is 1. The largest absolute Gasteiger partial charge is 0.424 e. The maximum atomic E-state index is 12.8. The van der Waals surface area contributed by atoms with Crippen molar-refractivity contribution in [1.82, 2.24) is 9.97 Å². The van der Waals surface area contributed by atoms with Gasteiger partial charge in [-0.1, -0.05) is 6.42 Å². The molecular weight excluding hydrogens is 376 g/mol. The second-order valence-corrected chi connectivity index (χ2v) is 7.80. The van der Waals surface area contributed by atoms with Crippen LogP contribution in [0.15, 0.2) is 36.7 Å². The highest BCUT2D eigenvalue weighted by Gasteiger charge is 2.40. The number of carbonyl (C=O) groups excluding carboxylic acids is 1. The number of nitrogens with zero attached hydrogens (tertiary/aromatic N) is 2. The molecule has 2 aromatic rings. The second-order valence-electron chi connectivity index (χ2n) is 7.80. The van der Waals surface area contributed by atoms with E-state index in [4.69, 9.17) is 10.5 Å². The molecule has 1 amide bonds. The number of aromatic nitrogens is 2. The monoisotopic (exact) mass is 402 g/mol. The Hall–Kier alpha value is -2.18. The second kappa shape index (κ2) is 8.88. The molecule has 0 saturated heterocycles. The van der Waals surface area contributed by atoms with Crippen molar-refractivity contribution in [2.24, 2.45) is 23.5 Å². The average Bonchev–Trinajstić information content (AvgIpc) is 2.64. The van der Waals surface area contributed by atoms with Crippen molar-refractivity contribution >= 4 is 24.0 Å². The van der Waals surface area contributed by atoms with Crippen LogP contribution in [0.2, 0.25) is 0 Å². The van der Waals surface area contributed by atoms with E-state index < -0.39 is 0 Å². The summed E-state index contributed by atoms with van der Waals surface area (Å²) in [5, 5.41) is 3.11. The van der Waals surface area contributed by atoms with Gasteiger partial charge in [0.05, 0.1) is 0 Å². The maximum Gasteiger partial charge on any atom is 0.321 e. The first-order valence-corrected chi connectivity index (χ1v) is 9.72. The Balaban J connectivity index is 0.00000225. The molecule has 2 aliphatic rings. The Morgan fingerprint density at radius 1 is 1.18 bits per heavy atom. The molecule has 2 bridgehead atoms. The number of benzene rings is 1. The molecule has 7 heteroatoms. The number of aryl methyl sites for hydroxylation is 1. The Morgan fingerprint density at radius 2 is 1.86 bits per heavy atom. The van der Waals surface area contributed by atoms with Gasteiger partial charge in [0.1, 0.15) is 5.75 Å². The zero-order chi connectivity index (χ0) is 18.8. The highest BCUT2D eigenvalue weighted by atomic mass is 35.5. The summed E-state index contributed by atoms with van der Waals surface area (Å²) in [5.74, 6) is 1.82. The van der Waals surface area contributed by atoms with Crippen LogP contribution in [-0.4, -0.2) is 21.9 Å². The van der Waals surface area contributed by atoms with Crippen molar-refractivity contribution in [3.8, 4) is 11.8 Å². The van der Waals surface area contributed by atoms with Gasteiger partial charge in [0.15, 0.2) is 0 Å². The summed E-state index contributed by atoms with van der Waals surface area (Å²) in [6, 6.07) is 7.91. The van der Waals surface area contributed by atoms with Crippen LogP contribution in [0.3, 0.4) is 0 Å². The molecule has 2 saturated carbocycles. The summed E-state index contributed by atoms with van der Waals surface area (Å²) in [6.07, 6.45) is 8.67. The summed E-state index contributed by atoms with van der Waals surface area (Å²) < 4.78 is 5.65. The predicted molar refractivity (Wildman–Crippen MR) is 111 cm³/mol. The number of halogens is 1. The van der Waals surface area contributed by atoms with Crippen LogP contribution in [0.5, 0.6) is 11.8 Å². The molecule has 2 fully saturated rings. The molecule has 0 aliphatic heterocycles. The Labute approximate surface area is 171 Å². The highest BCUT2D eigenvalue weighted by Crippen LogP contribution is 2.42. The first-order chi connectivity index (χ1) is 13.1. The smallest absolute Gasteiger partial charge is 0.321 e. The quantitative estimate of drug-likeness (QED) is 0.803. The van der Waals surface area contributed by atoms with Gasteiger partial charge in [-0.05, 0) is 74.3 Å². The molecule has 4 rings (SSSR count). The lowest BCUT2D eigenvalue weighted by atomic mass is 9.65. The van der Waals surface area contributed by atoms with Gasteiger partial charge in [-0.25, -0.2) is 9.97 Å². The highest BCUT2D eigenvalue weighted by molar-refractivity contribution is 5.93. The summed E-state index contributed by atoms with van der Waals surface area (Å²) in [7, 11) is 0. The van der Waals surface area contributed by atoms with Crippen molar-refractivity contribution in [1.29, 1.82) is 0 Å². The van der Waals surface area contributed by atoms with Gasteiger partial charge in [-0.15, -0.1) is 12.4 Å². The molecule has 2 unspecified atom stereocenters. The zero-order valence-electron chi connectivity index (χ0n) is 16.0. The van der Waals surface area contributed by atoms with Crippen LogP contribution in [0.25, 0.3) is 0 Å². The fourth-order valence-electron chi connectivity index (χ4n) is 4.52. The standard InChI is InChI=1S/C21H26N4O2.ClH/c1-13-10-17(27-21-23-8-3-9-24-21)6-7-18(13)25-20(26)16-11-14-4-2-5-15(12-16)19(14)22;/h3,6-10,14-16,19H,2,4-5,11-12,22H2,1H3,(H,25,26);1H. The van der Waals surface area contributed by atoms with E-state index in [9.17, 15) is 4.79 Å². The predicted octanol–water partition coefficient (Wildman–Crippen LogP) is 4.09. The van der Waals surface area contributed by atoms with E-state index in [0.717, 1.165) is 36.9 Å². The number of hydrogen-bond donors (Lipinski definition) is 2. The Kier molecular flexibility index (Phi) is 6.52. The fourth-order valence-corrected chi connectivity index (χ4v) is 4.52. The van der Waals surface area contributed by atoms with E-state index in [2.05, 4.69) is 15.3 Å². The number of fused-ring (bicyclic) bond motifs is 2. The lowest BCUT2D eigenvalue weighted by Crippen LogP contribution is -2.48. The lowest BCUT2D eigenvalue weighted by Gasteiger charge is -2.43. The summed E-state index contributed by atoms with van der Waals surface area (Å²) in [5.41, 5.74) is 8.12. The molecule has 1 aromatic heterocycles. The third kappa shape index (κ3) is 4.45. The van der Waals surface area contributed by atoms with Crippen molar-refractivity contribution in [2.75, 3.05) is 5.32 Å². The lowest BCUT2D eigenvalue weighted by molar-refractivity contribution is -0.122. The van der Waals surface area contributed by atoms with Crippen molar-refractivity contribution < 1.29 is 9.53 Å².